The van der Waals surface area contributed by atoms with Crippen LogP contribution in [0.25, 0.3) is 0 Å². The lowest BCUT2D eigenvalue weighted by Gasteiger charge is -2.32. The van der Waals surface area contributed by atoms with E-state index in [0.29, 0.717) is 0 Å². The van der Waals surface area contributed by atoms with E-state index in [-0.39, 0.29) is 5.41 Å². The average Bonchev–Trinajstić information content (AvgIpc) is 2.79. The molecule has 0 aliphatic rings. The van der Waals surface area contributed by atoms with Gasteiger partial charge >= 0.3 is 0 Å². The smallest absolute Gasteiger partial charge is 0.0400 e. The molecule has 32 heavy (non-hydrogen) atoms. The minimum absolute atomic E-state index is 0.220. The van der Waals surface area contributed by atoms with Crippen LogP contribution in [-0.4, -0.2) is 6.54 Å². The number of rotatable bonds is 8. The van der Waals surface area contributed by atoms with Gasteiger partial charge in [-0.15, -0.1) is 6.58 Å². The monoisotopic (exact) mass is 429 g/mol. The van der Waals surface area contributed by atoms with Crippen molar-refractivity contribution in [2.75, 3.05) is 11.9 Å². The van der Waals surface area contributed by atoms with Crippen molar-refractivity contribution >= 4 is 5.69 Å². The van der Waals surface area contributed by atoms with Gasteiger partial charge in [0, 0.05) is 17.6 Å². The molecule has 1 heteroatoms. The molecule has 0 saturated heterocycles. The highest BCUT2D eigenvalue weighted by molar-refractivity contribution is 5.54. The molecule has 0 amide bonds. The second kappa shape index (κ2) is 15.7. The zero-order valence-electron chi connectivity index (χ0n) is 21.3. The van der Waals surface area contributed by atoms with Crippen LogP contribution < -0.4 is 5.32 Å². The highest BCUT2D eigenvalue weighted by Gasteiger charge is 2.29. The quantitative estimate of drug-likeness (QED) is 0.325. The lowest BCUT2D eigenvalue weighted by Crippen LogP contribution is -2.24. The van der Waals surface area contributed by atoms with Crippen LogP contribution >= 0.6 is 0 Å². The summed E-state index contributed by atoms with van der Waals surface area (Å²) in [5.41, 5.74) is 6.86. The Morgan fingerprint density at radius 2 is 1.50 bits per heavy atom. The second-order valence-corrected chi connectivity index (χ2v) is 7.89. The Hall–Kier alpha value is -3.06. The summed E-state index contributed by atoms with van der Waals surface area (Å²) in [5, 5.41) is 3.52. The van der Waals surface area contributed by atoms with Crippen LogP contribution in [0.4, 0.5) is 5.69 Å². The fourth-order valence-electron chi connectivity index (χ4n) is 3.11. The first-order valence-electron chi connectivity index (χ1n) is 11.4. The molecule has 0 fully saturated rings. The first kappa shape index (κ1) is 28.9. The normalized spacial score (nSPS) is 12.4. The van der Waals surface area contributed by atoms with Crippen LogP contribution in [0.1, 0.15) is 59.6 Å². The summed E-state index contributed by atoms with van der Waals surface area (Å²) < 4.78 is 0. The van der Waals surface area contributed by atoms with Crippen molar-refractivity contribution in [2.24, 2.45) is 0 Å². The van der Waals surface area contributed by atoms with Gasteiger partial charge in [-0.25, -0.2) is 0 Å². The highest BCUT2D eigenvalue weighted by Crippen LogP contribution is 2.38. The number of hydrogen-bond donors (Lipinski definition) is 1. The molecule has 172 valence electrons. The third-order valence-electron chi connectivity index (χ3n) is 4.85. The van der Waals surface area contributed by atoms with Gasteiger partial charge in [-0.05, 0) is 63.5 Å². The second-order valence-electron chi connectivity index (χ2n) is 7.89. The summed E-state index contributed by atoms with van der Waals surface area (Å²) in [6, 6.07) is 19.2. The van der Waals surface area contributed by atoms with E-state index in [4.69, 9.17) is 0 Å². The molecule has 0 aromatic heterocycles. The summed E-state index contributed by atoms with van der Waals surface area (Å²) in [7, 11) is 0. The number of anilines is 1. The molecular weight excluding hydrogens is 386 g/mol. The largest absolute Gasteiger partial charge is 0.381 e. The van der Waals surface area contributed by atoms with Crippen LogP contribution in [0.15, 0.2) is 115 Å². The molecular formula is C31H43N. The van der Waals surface area contributed by atoms with Crippen LogP contribution in [-0.2, 0) is 5.41 Å². The van der Waals surface area contributed by atoms with Gasteiger partial charge in [-0.3, -0.25) is 0 Å². The van der Waals surface area contributed by atoms with Crippen molar-refractivity contribution in [1.29, 1.82) is 0 Å². The minimum Gasteiger partial charge on any atom is -0.381 e. The van der Waals surface area contributed by atoms with Gasteiger partial charge < -0.3 is 5.32 Å². The minimum atomic E-state index is -0.220. The standard InChI is InChI=1S/C25H29N.C4H8.C2H6/c1-6-12-21(13-7-2)19-26-24-17-11-16-23(18-24)25(5,20(3)4)22-14-9-8-10-15-22;1-4(2)3;1-2/h6-18,26H,1,3,19H2,2,4-5H3;1H2,2-3H3;1-2H3/b13-7-,21-12+;;. The average molecular weight is 430 g/mol. The Labute approximate surface area is 198 Å². The molecule has 1 nitrogen and oxygen atoms in total. The molecule has 0 saturated carbocycles. The fraction of sp³-hybridized carbons (Fsp3) is 0.290. The maximum atomic E-state index is 4.28. The first-order chi connectivity index (χ1) is 15.2. The molecule has 2 aromatic rings. The maximum Gasteiger partial charge on any atom is 0.0400 e. The van der Waals surface area contributed by atoms with Gasteiger partial charge in [0.05, 0.1) is 0 Å². The molecule has 0 aliphatic carbocycles. The molecule has 0 heterocycles. The summed E-state index contributed by atoms with van der Waals surface area (Å²) in [4.78, 5) is 0. The number of benzene rings is 2. The van der Waals surface area contributed by atoms with Crippen molar-refractivity contribution in [2.45, 2.75) is 53.9 Å². The third-order valence-corrected chi connectivity index (χ3v) is 4.85. The zero-order chi connectivity index (χ0) is 24.6. The Balaban J connectivity index is 0.00000144. The molecule has 2 aromatic carbocycles. The van der Waals surface area contributed by atoms with Crippen molar-refractivity contribution in [3.05, 3.63) is 126 Å². The molecule has 0 bridgehead atoms. The van der Waals surface area contributed by atoms with E-state index in [2.05, 4.69) is 99.6 Å². The Kier molecular flexibility index (Phi) is 14.2. The van der Waals surface area contributed by atoms with Gasteiger partial charge in [-0.1, -0.05) is 105 Å². The molecule has 0 aliphatic heterocycles. The maximum absolute atomic E-state index is 4.28. The van der Waals surface area contributed by atoms with E-state index in [0.717, 1.165) is 17.8 Å². The SMILES string of the molecule is C=C(C)C.C=C/C=C(\C=C/C)CNc1cccc(C(C)(C(=C)C)c2ccccc2)c1.CC. The fourth-order valence-corrected chi connectivity index (χ4v) is 3.11. The van der Waals surface area contributed by atoms with E-state index in [1.807, 2.05) is 52.8 Å². The lowest BCUT2D eigenvalue weighted by atomic mass is 9.71. The predicted octanol–water partition coefficient (Wildman–Crippen LogP) is 9.28. The lowest BCUT2D eigenvalue weighted by molar-refractivity contribution is 0.677. The van der Waals surface area contributed by atoms with Crippen molar-refractivity contribution < 1.29 is 0 Å². The summed E-state index contributed by atoms with van der Waals surface area (Å²) in [6.07, 6.45) is 7.99. The molecule has 2 rings (SSSR count). The van der Waals surface area contributed by atoms with Crippen LogP contribution in [0.5, 0.6) is 0 Å². The topological polar surface area (TPSA) is 12.0 Å². The molecule has 1 atom stereocenters. The van der Waals surface area contributed by atoms with E-state index in [1.54, 1.807) is 0 Å². The number of allylic oxidation sites excluding steroid dienone is 5. The summed E-state index contributed by atoms with van der Waals surface area (Å²) >= 11 is 0. The zero-order valence-corrected chi connectivity index (χ0v) is 21.3. The van der Waals surface area contributed by atoms with Crippen molar-refractivity contribution in [1.82, 2.24) is 0 Å². The van der Waals surface area contributed by atoms with E-state index in [1.165, 1.54) is 22.3 Å². The Morgan fingerprint density at radius 3 is 2.00 bits per heavy atom. The van der Waals surface area contributed by atoms with Crippen LogP contribution in [0, 0.1) is 0 Å². The van der Waals surface area contributed by atoms with Gasteiger partial charge in [0.15, 0.2) is 0 Å². The summed E-state index contributed by atoms with van der Waals surface area (Å²) in [5.74, 6) is 0. The van der Waals surface area contributed by atoms with Gasteiger partial charge in [0.1, 0.15) is 0 Å². The number of nitrogens with one attached hydrogen (secondary N) is 1. The van der Waals surface area contributed by atoms with E-state index >= 15 is 0 Å². The van der Waals surface area contributed by atoms with Crippen LogP contribution in [0.3, 0.4) is 0 Å². The molecule has 1 N–H and O–H groups in total. The number of hydrogen-bond acceptors (Lipinski definition) is 1. The highest BCUT2D eigenvalue weighted by atomic mass is 14.9. The van der Waals surface area contributed by atoms with E-state index in [9.17, 15) is 0 Å². The van der Waals surface area contributed by atoms with Gasteiger partial charge in [0.25, 0.3) is 0 Å². The van der Waals surface area contributed by atoms with Crippen molar-refractivity contribution in [3.63, 3.8) is 0 Å². The first-order valence-corrected chi connectivity index (χ1v) is 11.4. The molecule has 1 unspecified atom stereocenters. The predicted molar refractivity (Wildman–Crippen MR) is 148 cm³/mol. The Morgan fingerprint density at radius 1 is 0.938 bits per heavy atom. The van der Waals surface area contributed by atoms with Gasteiger partial charge in [0.2, 0.25) is 0 Å². The molecule has 0 radical (unpaired) electrons. The molecule has 0 spiro atoms. The van der Waals surface area contributed by atoms with Crippen LogP contribution in [0.2, 0.25) is 0 Å². The van der Waals surface area contributed by atoms with Crippen molar-refractivity contribution in [3.8, 4) is 0 Å². The summed E-state index contributed by atoms with van der Waals surface area (Å²) in [6.45, 7) is 26.7. The third kappa shape index (κ3) is 9.39. The van der Waals surface area contributed by atoms with Gasteiger partial charge in [-0.2, -0.15) is 0 Å². The Bertz CT molecular complexity index is 895. The van der Waals surface area contributed by atoms with E-state index < -0.39 is 0 Å².